The molecular formula is C27H29N3O5S2. The zero-order chi connectivity index (χ0) is 26.1. The Bertz CT molecular complexity index is 1510. The van der Waals surface area contributed by atoms with Crippen molar-refractivity contribution in [3.05, 3.63) is 78.7 Å². The molecule has 2 aliphatic rings. The van der Waals surface area contributed by atoms with Gasteiger partial charge < -0.3 is 18.8 Å². The molecule has 1 saturated heterocycles. The van der Waals surface area contributed by atoms with E-state index in [2.05, 4.69) is 9.89 Å². The number of aromatic nitrogens is 1. The number of thiazole rings is 1. The number of rotatable bonds is 6. The Kier molecular flexibility index (Phi) is 7.41. The number of carbonyl (C=O) groups excluding carboxylic acids is 1. The SMILES string of the molecule is CSc1ccc([C@@H]2C(C(=O)OC(C)C)=C(C)N=c3s/c(=C\c4ccc(N5CCOCC5)o4)c(=O)n32)cc1. The lowest BCUT2D eigenvalue weighted by Gasteiger charge is -2.26. The summed E-state index contributed by atoms with van der Waals surface area (Å²) < 4.78 is 19.1. The summed E-state index contributed by atoms with van der Waals surface area (Å²) in [6.07, 6.45) is 3.45. The minimum Gasteiger partial charge on any atom is -0.459 e. The van der Waals surface area contributed by atoms with Crippen molar-refractivity contribution >= 4 is 41.0 Å². The van der Waals surface area contributed by atoms with Crippen LogP contribution in [0.1, 0.15) is 38.1 Å². The molecule has 2 aromatic heterocycles. The molecule has 2 aliphatic heterocycles. The van der Waals surface area contributed by atoms with Crippen molar-refractivity contribution in [2.24, 2.45) is 4.99 Å². The molecule has 0 saturated carbocycles. The molecule has 0 radical (unpaired) electrons. The van der Waals surface area contributed by atoms with Crippen LogP contribution in [0.15, 0.2) is 66.8 Å². The van der Waals surface area contributed by atoms with Crippen LogP contribution >= 0.6 is 23.1 Å². The summed E-state index contributed by atoms with van der Waals surface area (Å²) in [6.45, 7) is 8.25. The fourth-order valence-electron chi connectivity index (χ4n) is 4.46. The first-order valence-electron chi connectivity index (χ1n) is 12.2. The second-order valence-corrected chi connectivity index (χ2v) is 11.0. The second kappa shape index (κ2) is 10.7. The molecule has 10 heteroatoms. The Morgan fingerprint density at radius 3 is 2.59 bits per heavy atom. The van der Waals surface area contributed by atoms with Crippen LogP contribution in [0.5, 0.6) is 0 Å². The standard InChI is InChI=1S/C27H29N3O5S2/c1-16(2)34-26(32)23-17(3)28-27-30(24(23)18-5-8-20(36-4)9-6-18)25(31)21(37-27)15-19-7-10-22(35-19)29-11-13-33-14-12-29/h5-10,15-16,24H,11-14H2,1-4H3/b21-15-/t24-/m1/s1. The average Bonchev–Trinajstić information content (AvgIpc) is 3.48. The molecule has 5 rings (SSSR count). The maximum atomic E-state index is 13.8. The summed E-state index contributed by atoms with van der Waals surface area (Å²) >= 11 is 2.92. The second-order valence-electron chi connectivity index (χ2n) is 9.08. The van der Waals surface area contributed by atoms with Crippen molar-refractivity contribution in [3.8, 4) is 0 Å². The quantitative estimate of drug-likeness (QED) is 0.351. The van der Waals surface area contributed by atoms with E-state index in [1.54, 1.807) is 43.2 Å². The van der Waals surface area contributed by atoms with Crippen molar-refractivity contribution < 1.29 is 18.7 Å². The number of hydrogen-bond donors (Lipinski definition) is 0. The van der Waals surface area contributed by atoms with Crippen LogP contribution in [0.4, 0.5) is 5.88 Å². The van der Waals surface area contributed by atoms with Gasteiger partial charge in [-0.1, -0.05) is 23.5 Å². The first kappa shape index (κ1) is 25.6. The van der Waals surface area contributed by atoms with Gasteiger partial charge in [-0.25, -0.2) is 9.79 Å². The van der Waals surface area contributed by atoms with Crippen LogP contribution < -0.4 is 19.8 Å². The number of benzene rings is 1. The van der Waals surface area contributed by atoms with E-state index < -0.39 is 12.0 Å². The van der Waals surface area contributed by atoms with E-state index in [-0.39, 0.29) is 11.7 Å². The van der Waals surface area contributed by atoms with E-state index >= 15 is 0 Å². The third-order valence-corrected chi connectivity index (χ3v) is 7.95. The number of esters is 1. The number of furan rings is 1. The van der Waals surface area contributed by atoms with Crippen molar-refractivity contribution in [2.75, 3.05) is 37.5 Å². The van der Waals surface area contributed by atoms with Gasteiger partial charge in [-0.05, 0) is 50.8 Å². The largest absolute Gasteiger partial charge is 0.459 e. The number of morpholine rings is 1. The number of hydrogen-bond acceptors (Lipinski definition) is 9. The van der Waals surface area contributed by atoms with E-state index in [0.29, 0.717) is 39.6 Å². The molecule has 3 aromatic rings. The van der Waals surface area contributed by atoms with Crippen LogP contribution in [-0.2, 0) is 14.3 Å². The molecule has 0 unspecified atom stereocenters. The fraction of sp³-hybridized carbons (Fsp3) is 0.370. The third kappa shape index (κ3) is 5.18. The first-order valence-corrected chi connectivity index (χ1v) is 14.2. The van der Waals surface area contributed by atoms with E-state index in [1.165, 1.54) is 11.3 Å². The number of nitrogens with zero attached hydrogens (tertiary/aromatic N) is 3. The Labute approximate surface area is 222 Å². The lowest BCUT2D eigenvalue weighted by Crippen LogP contribution is -2.40. The van der Waals surface area contributed by atoms with Gasteiger partial charge in [0.2, 0.25) is 0 Å². The molecule has 194 valence electrons. The van der Waals surface area contributed by atoms with Crippen molar-refractivity contribution in [2.45, 2.75) is 37.8 Å². The summed E-state index contributed by atoms with van der Waals surface area (Å²) in [5.74, 6) is 0.872. The highest BCUT2D eigenvalue weighted by Gasteiger charge is 2.33. The lowest BCUT2D eigenvalue weighted by atomic mass is 9.96. The number of anilines is 1. The van der Waals surface area contributed by atoms with Gasteiger partial charge in [0, 0.05) is 30.1 Å². The van der Waals surface area contributed by atoms with Crippen LogP contribution in [0, 0.1) is 0 Å². The molecule has 1 fully saturated rings. The van der Waals surface area contributed by atoms with Gasteiger partial charge >= 0.3 is 5.97 Å². The Morgan fingerprint density at radius 1 is 1.19 bits per heavy atom. The van der Waals surface area contributed by atoms with Gasteiger partial charge in [0.05, 0.1) is 41.2 Å². The molecule has 0 amide bonds. The summed E-state index contributed by atoms with van der Waals surface area (Å²) in [7, 11) is 0. The minimum absolute atomic E-state index is 0.227. The van der Waals surface area contributed by atoms with Crippen LogP contribution in [0.3, 0.4) is 0 Å². The first-order chi connectivity index (χ1) is 17.9. The number of allylic oxidation sites excluding steroid dienone is 1. The fourth-order valence-corrected chi connectivity index (χ4v) is 5.90. The van der Waals surface area contributed by atoms with Gasteiger partial charge in [0.1, 0.15) is 5.76 Å². The van der Waals surface area contributed by atoms with E-state index in [1.807, 2.05) is 42.7 Å². The van der Waals surface area contributed by atoms with Crippen molar-refractivity contribution in [1.82, 2.24) is 4.57 Å². The van der Waals surface area contributed by atoms with Crippen molar-refractivity contribution in [1.29, 1.82) is 0 Å². The zero-order valence-electron chi connectivity index (χ0n) is 21.2. The summed E-state index contributed by atoms with van der Waals surface area (Å²) in [4.78, 5) is 35.4. The van der Waals surface area contributed by atoms with Gasteiger partial charge in [0.25, 0.3) is 5.56 Å². The van der Waals surface area contributed by atoms with Gasteiger partial charge in [-0.3, -0.25) is 9.36 Å². The molecule has 0 N–H and O–H groups in total. The maximum absolute atomic E-state index is 13.8. The van der Waals surface area contributed by atoms with Crippen LogP contribution in [0.2, 0.25) is 0 Å². The molecular weight excluding hydrogens is 510 g/mol. The van der Waals surface area contributed by atoms with E-state index in [9.17, 15) is 9.59 Å². The lowest BCUT2D eigenvalue weighted by molar-refractivity contribution is -0.143. The molecule has 0 spiro atoms. The predicted molar refractivity (Wildman–Crippen MR) is 145 cm³/mol. The Balaban J connectivity index is 1.60. The topological polar surface area (TPSA) is 86.3 Å². The molecule has 0 aliphatic carbocycles. The molecule has 37 heavy (non-hydrogen) atoms. The molecule has 1 atom stereocenters. The maximum Gasteiger partial charge on any atom is 0.338 e. The highest BCUT2D eigenvalue weighted by Crippen LogP contribution is 2.32. The van der Waals surface area contributed by atoms with Crippen molar-refractivity contribution in [3.63, 3.8) is 0 Å². The van der Waals surface area contributed by atoms with E-state index in [0.717, 1.165) is 29.4 Å². The monoisotopic (exact) mass is 539 g/mol. The molecule has 0 bridgehead atoms. The highest BCUT2D eigenvalue weighted by atomic mass is 32.2. The number of thioether (sulfide) groups is 1. The van der Waals surface area contributed by atoms with Gasteiger partial charge in [-0.15, -0.1) is 11.8 Å². The van der Waals surface area contributed by atoms with Crippen LogP contribution in [-0.4, -0.2) is 49.2 Å². The summed E-state index contributed by atoms with van der Waals surface area (Å²) in [6, 6.07) is 11.0. The molecule has 8 nitrogen and oxygen atoms in total. The van der Waals surface area contributed by atoms with Crippen LogP contribution in [0.25, 0.3) is 6.08 Å². The summed E-state index contributed by atoms with van der Waals surface area (Å²) in [5.41, 5.74) is 1.51. The smallest absolute Gasteiger partial charge is 0.338 e. The normalized spacial score (nSPS) is 18.2. The highest BCUT2D eigenvalue weighted by molar-refractivity contribution is 7.98. The Morgan fingerprint density at radius 2 is 1.92 bits per heavy atom. The zero-order valence-corrected chi connectivity index (χ0v) is 22.9. The summed E-state index contributed by atoms with van der Waals surface area (Å²) in [5, 5.41) is 0. The number of ether oxygens (including phenoxy) is 2. The van der Waals surface area contributed by atoms with E-state index in [4.69, 9.17) is 13.9 Å². The number of fused-ring (bicyclic) bond motifs is 1. The van der Waals surface area contributed by atoms with Gasteiger partial charge in [0.15, 0.2) is 10.7 Å². The minimum atomic E-state index is -0.638. The van der Waals surface area contributed by atoms with Gasteiger partial charge in [-0.2, -0.15) is 0 Å². The molecule has 1 aromatic carbocycles. The third-order valence-electron chi connectivity index (χ3n) is 6.22. The Hall–Kier alpha value is -3.08. The average molecular weight is 540 g/mol. The predicted octanol–water partition coefficient (Wildman–Crippen LogP) is 3.34. The molecule has 4 heterocycles. The number of carbonyl (C=O) groups is 1.